The molecule has 3 rings (SSSR count). The van der Waals surface area contributed by atoms with E-state index in [-0.39, 0.29) is 0 Å². The normalized spacial score (nSPS) is 15.8. The molecule has 1 aromatic carbocycles. The van der Waals surface area contributed by atoms with Crippen LogP contribution in [-0.2, 0) is 12.8 Å². The molecular formula is C17H22ClN5. The zero-order valence-electron chi connectivity index (χ0n) is 13.4. The molecule has 23 heavy (non-hydrogen) atoms. The number of likely N-dealkylation sites (N-methyl/N-ethyl adjacent to an activating group) is 1. The summed E-state index contributed by atoms with van der Waals surface area (Å²) in [6.07, 6.45) is 3.70. The van der Waals surface area contributed by atoms with Gasteiger partial charge in [0.15, 0.2) is 0 Å². The van der Waals surface area contributed by atoms with E-state index in [2.05, 4.69) is 38.9 Å². The molecule has 0 radical (unpaired) electrons. The number of anilines is 2. The van der Waals surface area contributed by atoms with Crippen molar-refractivity contribution in [2.75, 3.05) is 43.9 Å². The van der Waals surface area contributed by atoms with E-state index in [0.717, 1.165) is 55.4 Å². The third kappa shape index (κ3) is 4.12. The molecule has 6 heteroatoms. The Kier molecular flexibility index (Phi) is 4.98. The van der Waals surface area contributed by atoms with Gasteiger partial charge in [-0.25, -0.2) is 4.98 Å². The highest BCUT2D eigenvalue weighted by Gasteiger charge is 2.19. The number of benzene rings is 1. The van der Waals surface area contributed by atoms with E-state index in [4.69, 9.17) is 17.3 Å². The molecule has 0 saturated carbocycles. The minimum absolute atomic E-state index is 0.342. The maximum Gasteiger partial charge on any atom is 0.221 e. The molecule has 5 nitrogen and oxygen atoms in total. The van der Waals surface area contributed by atoms with Gasteiger partial charge in [-0.15, -0.1) is 0 Å². The monoisotopic (exact) mass is 331 g/mol. The Labute approximate surface area is 142 Å². The summed E-state index contributed by atoms with van der Waals surface area (Å²) in [6, 6.07) is 7.99. The Morgan fingerprint density at radius 3 is 2.48 bits per heavy atom. The number of nitrogens with zero attached hydrogens (tertiary/aromatic N) is 4. The number of nitrogen functional groups attached to an aromatic ring is 1. The molecule has 1 saturated heterocycles. The summed E-state index contributed by atoms with van der Waals surface area (Å²) in [5.74, 6) is 1.33. The van der Waals surface area contributed by atoms with Gasteiger partial charge in [0, 0.05) is 43.0 Å². The summed E-state index contributed by atoms with van der Waals surface area (Å²) >= 11 is 5.94. The van der Waals surface area contributed by atoms with Crippen molar-refractivity contribution in [3.63, 3.8) is 0 Å². The van der Waals surface area contributed by atoms with Crippen LogP contribution in [0.4, 0.5) is 11.8 Å². The number of aryl methyl sites for hydroxylation is 2. The first-order valence-electron chi connectivity index (χ1n) is 7.91. The van der Waals surface area contributed by atoms with Crippen molar-refractivity contribution in [1.82, 2.24) is 14.9 Å². The molecule has 0 amide bonds. The lowest BCUT2D eigenvalue weighted by atomic mass is 10.1. The highest BCUT2D eigenvalue weighted by Crippen LogP contribution is 2.22. The van der Waals surface area contributed by atoms with Crippen molar-refractivity contribution in [2.24, 2.45) is 0 Å². The van der Waals surface area contributed by atoms with Crippen LogP contribution in [0.3, 0.4) is 0 Å². The lowest BCUT2D eigenvalue weighted by Gasteiger charge is -2.34. The fourth-order valence-electron chi connectivity index (χ4n) is 2.81. The molecule has 0 atom stereocenters. The standard InChI is InChI=1S/C17H22ClN5/c1-22-8-10-23(11-9-22)16-14(12-20-17(19)21-16)5-2-13-3-6-15(18)7-4-13/h3-4,6-7,12H,2,5,8-11H2,1H3,(H2,19,20,21). The van der Waals surface area contributed by atoms with Gasteiger partial charge in [-0.2, -0.15) is 4.98 Å². The zero-order chi connectivity index (χ0) is 16.2. The SMILES string of the molecule is CN1CCN(c2nc(N)ncc2CCc2ccc(Cl)cc2)CC1. The van der Waals surface area contributed by atoms with Gasteiger partial charge < -0.3 is 15.5 Å². The van der Waals surface area contributed by atoms with Crippen LogP contribution in [0.5, 0.6) is 0 Å². The summed E-state index contributed by atoms with van der Waals surface area (Å²) in [6.45, 7) is 4.03. The second kappa shape index (κ2) is 7.15. The lowest BCUT2D eigenvalue weighted by molar-refractivity contribution is 0.312. The highest BCUT2D eigenvalue weighted by molar-refractivity contribution is 6.30. The number of piperazine rings is 1. The summed E-state index contributed by atoms with van der Waals surface area (Å²) in [7, 11) is 2.15. The van der Waals surface area contributed by atoms with E-state index in [1.807, 2.05) is 18.3 Å². The molecular weight excluding hydrogens is 310 g/mol. The van der Waals surface area contributed by atoms with Crippen molar-refractivity contribution >= 4 is 23.4 Å². The molecule has 1 aromatic heterocycles. The van der Waals surface area contributed by atoms with Gasteiger partial charge >= 0.3 is 0 Å². The van der Waals surface area contributed by atoms with Crippen molar-refractivity contribution < 1.29 is 0 Å². The van der Waals surface area contributed by atoms with E-state index >= 15 is 0 Å². The smallest absolute Gasteiger partial charge is 0.221 e. The van der Waals surface area contributed by atoms with Gasteiger partial charge in [0.25, 0.3) is 0 Å². The number of nitrogens with two attached hydrogens (primary N) is 1. The predicted octanol–water partition coefficient (Wildman–Crippen LogP) is 2.25. The van der Waals surface area contributed by atoms with Gasteiger partial charge in [0.1, 0.15) is 5.82 Å². The average Bonchev–Trinajstić information content (AvgIpc) is 2.56. The third-order valence-electron chi connectivity index (χ3n) is 4.26. The summed E-state index contributed by atoms with van der Waals surface area (Å²) in [5.41, 5.74) is 8.22. The van der Waals surface area contributed by atoms with Crippen LogP contribution in [0.2, 0.25) is 5.02 Å². The van der Waals surface area contributed by atoms with Gasteiger partial charge in [-0.3, -0.25) is 0 Å². The van der Waals surface area contributed by atoms with Crippen molar-refractivity contribution in [1.29, 1.82) is 0 Å². The van der Waals surface area contributed by atoms with Gasteiger partial charge in [-0.05, 0) is 37.6 Å². The van der Waals surface area contributed by atoms with Gasteiger partial charge in [0.2, 0.25) is 5.95 Å². The first-order chi connectivity index (χ1) is 11.1. The number of halogens is 1. The molecule has 0 spiro atoms. The first-order valence-corrected chi connectivity index (χ1v) is 8.29. The van der Waals surface area contributed by atoms with Gasteiger partial charge in [0.05, 0.1) is 0 Å². The van der Waals surface area contributed by atoms with Crippen LogP contribution in [-0.4, -0.2) is 48.1 Å². The summed E-state index contributed by atoms with van der Waals surface area (Å²) in [5, 5.41) is 0.766. The largest absolute Gasteiger partial charge is 0.368 e. The van der Waals surface area contributed by atoms with Crippen molar-refractivity contribution in [3.8, 4) is 0 Å². The second-order valence-electron chi connectivity index (χ2n) is 5.99. The quantitative estimate of drug-likeness (QED) is 0.931. The van der Waals surface area contributed by atoms with Crippen LogP contribution in [0.25, 0.3) is 0 Å². The van der Waals surface area contributed by atoms with Crippen LogP contribution in [0, 0.1) is 0 Å². The van der Waals surface area contributed by atoms with Gasteiger partial charge in [-0.1, -0.05) is 23.7 Å². The fourth-order valence-corrected chi connectivity index (χ4v) is 2.94. The van der Waals surface area contributed by atoms with E-state index in [0.29, 0.717) is 5.95 Å². The Hall–Kier alpha value is -1.85. The first kappa shape index (κ1) is 16.0. The Balaban J connectivity index is 1.74. The molecule has 1 aliphatic rings. The number of hydrogen-bond donors (Lipinski definition) is 1. The lowest BCUT2D eigenvalue weighted by Crippen LogP contribution is -2.45. The molecule has 0 aliphatic carbocycles. The molecule has 122 valence electrons. The zero-order valence-corrected chi connectivity index (χ0v) is 14.1. The molecule has 1 aliphatic heterocycles. The fraction of sp³-hybridized carbons (Fsp3) is 0.412. The van der Waals surface area contributed by atoms with E-state index < -0.39 is 0 Å². The van der Waals surface area contributed by atoms with Crippen molar-refractivity contribution in [2.45, 2.75) is 12.8 Å². The molecule has 1 fully saturated rings. The number of hydrogen-bond acceptors (Lipinski definition) is 5. The van der Waals surface area contributed by atoms with Crippen LogP contribution in [0.1, 0.15) is 11.1 Å². The Morgan fingerprint density at radius 2 is 1.78 bits per heavy atom. The number of aromatic nitrogens is 2. The van der Waals surface area contributed by atoms with E-state index in [1.54, 1.807) is 0 Å². The van der Waals surface area contributed by atoms with Crippen LogP contribution < -0.4 is 10.6 Å². The Morgan fingerprint density at radius 1 is 1.09 bits per heavy atom. The highest BCUT2D eigenvalue weighted by atomic mass is 35.5. The molecule has 2 N–H and O–H groups in total. The van der Waals surface area contributed by atoms with Crippen LogP contribution >= 0.6 is 11.6 Å². The molecule has 0 unspecified atom stereocenters. The average molecular weight is 332 g/mol. The maximum absolute atomic E-state index is 5.94. The third-order valence-corrected chi connectivity index (χ3v) is 4.51. The van der Waals surface area contributed by atoms with Crippen molar-refractivity contribution in [3.05, 3.63) is 46.6 Å². The summed E-state index contributed by atoms with van der Waals surface area (Å²) < 4.78 is 0. The van der Waals surface area contributed by atoms with Crippen LogP contribution in [0.15, 0.2) is 30.5 Å². The molecule has 2 aromatic rings. The molecule has 0 bridgehead atoms. The maximum atomic E-state index is 5.94. The predicted molar refractivity (Wildman–Crippen MR) is 95.0 cm³/mol. The topological polar surface area (TPSA) is 58.3 Å². The van der Waals surface area contributed by atoms with E-state index in [1.165, 1.54) is 5.56 Å². The van der Waals surface area contributed by atoms with E-state index in [9.17, 15) is 0 Å². The Bertz CT molecular complexity index is 651. The summed E-state index contributed by atoms with van der Waals surface area (Å²) in [4.78, 5) is 13.3. The number of rotatable bonds is 4. The minimum atomic E-state index is 0.342. The molecule has 2 heterocycles. The minimum Gasteiger partial charge on any atom is -0.368 e. The second-order valence-corrected chi connectivity index (χ2v) is 6.43.